The van der Waals surface area contributed by atoms with Gasteiger partial charge in [-0.25, -0.2) is 9.18 Å². The number of halogens is 1. The highest BCUT2D eigenvalue weighted by atomic mass is 19.1. The van der Waals surface area contributed by atoms with E-state index in [1.807, 2.05) is 4.90 Å². The third-order valence-electron chi connectivity index (χ3n) is 3.19. The topological polar surface area (TPSA) is 41.6 Å². The Hall–Kier alpha value is -1.46. The molecule has 0 amide bonds. The second kappa shape index (κ2) is 6.63. The molecule has 19 heavy (non-hydrogen) atoms. The largest absolute Gasteiger partial charge is 0.465 e. The number of ether oxygens (including phenoxy) is 1. The van der Waals surface area contributed by atoms with Crippen LogP contribution in [0.15, 0.2) is 24.3 Å². The Balaban J connectivity index is 2.24. The van der Waals surface area contributed by atoms with Gasteiger partial charge in [0.25, 0.3) is 0 Å². The zero-order valence-corrected chi connectivity index (χ0v) is 11.1. The van der Waals surface area contributed by atoms with Gasteiger partial charge in [-0.1, -0.05) is 12.1 Å². The van der Waals surface area contributed by atoms with Crippen LogP contribution in [0.2, 0.25) is 0 Å². The van der Waals surface area contributed by atoms with Crippen molar-refractivity contribution in [2.24, 2.45) is 0 Å². The number of nitrogens with zero attached hydrogens (tertiary/aromatic N) is 1. The van der Waals surface area contributed by atoms with Crippen LogP contribution >= 0.6 is 0 Å². The van der Waals surface area contributed by atoms with Crippen LogP contribution in [0.1, 0.15) is 18.5 Å². The Kier molecular flexibility index (Phi) is 4.87. The third kappa shape index (κ3) is 3.52. The van der Waals surface area contributed by atoms with Crippen LogP contribution in [0.25, 0.3) is 0 Å². The molecule has 1 aromatic rings. The maximum Gasteiger partial charge on any atom is 0.328 e. The molecule has 104 valence electrons. The summed E-state index contributed by atoms with van der Waals surface area (Å²) in [5.41, 5.74) is 0.653. The van der Waals surface area contributed by atoms with Gasteiger partial charge in [0.1, 0.15) is 11.9 Å². The molecule has 0 bridgehead atoms. The Labute approximate surface area is 112 Å². The van der Waals surface area contributed by atoms with Crippen LogP contribution in [0.4, 0.5) is 4.39 Å². The van der Waals surface area contributed by atoms with Crippen LogP contribution < -0.4 is 5.32 Å². The summed E-state index contributed by atoms with van der Waals surface area (Å²) in [6.45, 7) is 5.26. The molecule has 1 fully saturated rings. The first-order chi connectivity index (χ1) is 9.22. The quantitative estimate of drug-likeness (QED) is 0.835. The average molecular weight is 266 g/mol. The predicted molar refractivity (Wildman–Crippen MR) is 70.2 cm³/mol. The summed E-state index contributed by atoms with van der Waals surface area (Å²) in [5.74, 6) is -0.642. The van der Waals surface area contributed by atoms with Gasteiger partial charge in [-0.3, -0.25) is 4.90 Å². The van der Waals surface area contributed by atoms with Crippen LogP contribution in [-0.4, -0.2) is 43.7 Å². The minimum atomic E-state index is -0.516. The van der Waals surface area contributed by atoms with Crippen LogP contribution in [-0.2, 0) is 9.53 Å². The molecule has 0 spiro atoms. The number of hydrogen-bond acceptors (Lipinski definition) is 4. The molecule has 1 atom stereocenters. The lowest BCUT2D eigenvalue weighted by atomic mass is 10.0. The van der Waals surface area contributed by atoms with E-state index in [0.29, 0.717) is 12.2 Å². The summed E-state index contributed by atoms with van der Waals surface area (Å²) in [7, 11) is 0. The number of piperazine rings is 1. The van der Waals surface area contributed by atoms with Crippen LogP contribution in [0, 0.1) is 5.82 Å². The first kappa shape index (κ1) is 14.0. The standard InChI is InChI=1S/C14H19FN2O2/c1-2-19-14(18)13(17-8-6-16-7-9-17)11-4-3-5-12(15)10-11/h3-5,10,13,16H,2,6-9H2,1H3. The summed E-state index contributed by atoms with van der Waals surface area (Å²) in [6.07, 6.45) is 0. The van der Waals surface area contributed by atoms with E-state index in [0.717, 1.165) is 26.2 Å². The van der Waals surface area contributed by atoms with Crippen molar-refractivity contribution in [3.63, 3.8) is 0 Å². The van der Waals surface area contributed by atoms with Crippen molar-refractivity contribution < 1.29 is 13.9 Å². The molecule has 0 aliphatic carbocycles. The number of rotatable bonds is 4. The lowest BCUT2D eigenvalue weighted by molar-refractivity contribution is -0.150. The fourth-order valence-corrected chi connectivity index (χ4v) is 2.33. The van der Waals surface area contributed by atoms with Crippen molar-refractivity contribution in [2.75, 3.05) is 32.8 Å². The first-order valence-corrected chi connectivity index (χ1v) is 6.59. The van der Waals surface area contributed by atoms with E-state index in [2.05, 4.69) is 5.32 Å². The summed E-state index contributed by atoms with van der Waals surface area (Å²) in [6, 6.07) is 5.66. The van der Waals surface area contributed by atoms with Gasteiger partial charge in [-0.05, 0) is 24.6 Å². The number of nitrogens with one attached hydrogen (secondary N) is 1. The average Bonchev–Trinajstić information content (AvgIpc) is 2.40. The van der Waals surface area contributed by atoms with E-state index in [1.165, 1.54) is 12.1 Å². The molecule has 1 N–H and O–H groups in total. The minimum absolute atomic E-state index is 0.310. The van der Waals surface area contributed by atoms with Gasteiger partial charge >= 0.3 is 5.97 Å². The zero-order valence-electron chi connectivity index (χ0n) is 11.1. The molecule has 2 rings (SSSR count). The minimum Gasteiger partial charge on any atom is -0.465 e. The molecule has 0 aromatic heterocycles. The molecular formula is C14H19FN2O2. The maximum absolute atomic E-state index is 13.4. The zero-order chi connectivity index (χ0) is 13.7. The lowest BCUT2D eigenvalue weighted by Crippen LogP contribution is -2.47. The number of esters is 1. The predicted octanol–water partition coefficient (Wildman–Crippen LogP) is 1.34. The number of hydrogen-bond donors (Lipinski definition) is 1. The molecular weight excluding hydrogens is 247 g/mol. The Bertz CT molecular complexity index is 433. The van der Waals surface area contributed by atoms with Gasteiger partial charge in [0, 0.05) is 26.2 Å². The molecule has 5 heteroatoms. The van der Waals surface area contributed by atoms with Crippen molar-refractivity contribution >= 4 is 5.97 Å². The highest BCUT2D eigenvalue weighted by molar-refractivity contribution is 5.77. The lowest BCUT2D eigenvalue weighted by Gasteiger charge is -2.33. The van der Waals surface area contributed by atoms with Crippen molar-refractivity contribution in [1.29, 1.82) is 0 Å². The monoisotopic (exact) mass is 266 g/mol. The maximum atomic E-state index is 13.4. The summed E-state index contributed by atoms with van der Waals surface area (Å²) < 4.78 is 18.5. The van der Waals surface area contributed by atoms with Gasteiger partial charge < -0.3 is 10.1 Å². The van der Waals surface area contributed by atoms with Gasteiger partial charge in [-0.2, -0.15) is 0 Å². The highest BCUT2D eigenvalue weighted by Gasteiger charge is 2.30. The molecule has 4 nitrogen and oxygen atoms in total. The smallest absolute Gasteiger partial charge is 0.328 e. The molecule has 0 radical (unpaired) electrons. The Morgan fingerprint density at radius 3 is 2.84 bits per heavy atom. The second-order valence-electron chi connectivity index (χ2n) is 4.50. The fourth-order valence-electron chi connectivity index (χ4n) is 2.33. The van der Waals surface area contributed by atoms with E-state index >= 15 is 0 Å². The van der Waals surface area contributed by atoms with Crippen molar-refractivity contribution in [3.8, 4) is 0 Å². The Morgan fingerprint density at radius 2 is 2.21 bits per heavy atom. The summed E-state index contributed by atoms with van der Waals surface area (Å²) in [5, 5.41) is 3.24. The van der Waals surface area contributed by atoms with E-state index in [4.69, 9.17) is 4.74 Å². The third-order valence-corrected chi connectivity index (χ3v) is 3.19. The van der Waals surface area contributed by atoms with Crippen molar-refractivity contribution in [3.05, 3.63) is 35.6 Å². The molecule has 1 aliphatic heterocycles. The van der Waals surface area contributed by atoms with Crippen molar-refractivity contribution in [1.82, 2.24) is 10.2 Å². The van der Waals surface area contributed by atoms with E-state index in [1.54, 1.807) is 19.1 Å². The summed E-state index contributed by atoms with van der Waals surface area (Å²) >= 11 is 0. The molecule has 1 aromatic carbocycles. The van der Waals surface area contributed by atoms with E-state index in [9.17, 15) is 9.18 Å². The Morgan fingerprint density at radius 1 is 1.47 bits per heavy atom. The van der Waals surface area contributed by atoms with E-state index in [-0.39, 0.29) is 11.8 Å². The first-order valence-electron chi connectivity index (χ1n) is 6.59. The molecule has 1 saturated heterocycles. The van der Waals surface area contributed by atoms with Gasteiger partial charge in [-0.15, -0.1) is 0 Å². The number of carbonyl (C=O) groups is 1. The molecule has 0 saturated carbocycles. The van der Waals surface area contributed by atoms with E-state index < -0.39 is 6.04 Å². The van der Waals surface area contributed by atoms with Gasteiger partial charge in [0.15, 0.2) is 0 Å². The fraction of sp³-hybridized carbons (Fsp3) is 0.500. The second-order valence-corrected chi connectivity index (χ2v) is 4.50. The SMILES string of the molecule is CCOC(=O)C(c1cccc(F)c1)N1CCNCC1. The molecule has 1 aliphatic rings. The number of benzene rings is 1. The van der Waals surface area contributed by atoms with Crippen LogP contribution in [0.3, 0.4) is 0 Å². The van der Waals surface area contributed by atoms with Gasteiger partial charge in [0.2, 0.25) is 0 Å². The normalized spacial score (nSPS) is 18.0. The number of carbonyl (C=O) groups excluding carboxylic acids is 1. The van der Waals surface area contributed by atoms with Crippen molar-refractivity contribution in [2.45, 2.75) is 13.0 Å². The van der Waals surface area contributed by atoms with Gasteiger partial charge in [0.05, 0.1) is 6.61 Å². The molecule has 1 heterocycles. The molecule has 1 unspecified atom stereocenters. The highest BCUT2D eigenvalue weighted by Crippen LogP contribution is 2.23. The van der Waals surface area contributed by atoms with Crippen LogP contribution in [0.5, 0.6) is 0 Å². The summed E-state index contributed by atoms with van der Waals surface area (Å²) in [4.78, 5) is 14.2.